The summed E-state index contributed by atoms with van der Waals surface area (Å²) in [6.45, 7) is 5.50. The third-order valence-corrected chi connectivity index (χ3v) is 4.15. The van der Waals surface area contributed by atoms with Crippen molar-refractivity contribution in [3.05, 3.63) is 59.2 Å². The standard InChI is InChI=1S/C18H14F2N4/c1-9-13(5-7-16(20)22-9)18-23-11(3)17-10(2)21-14-6-4-12(19)8-15(14)24(17)18/h4-8H,1-3H3. The predicted octanol–water partition coefficient (Wildman–Crippen LogP) is 4.15. The van der Waals surface area contributed by atoms with Gasteiger partial charge in [-0.05, 0) is 45.0 Å². The second-order valence-corrected chi connectivity index (χ2v) is 5.80. The highest BCUT2D eigenvalue weighted by Crippen LogP contribution is 2.29. The van der Waals surface area contributed by atoms with E-state index in [0.717, 1.165) is 16.9 Å². The molecule has 120 valence electrons. The monoisotopic (exact) mass is 324 g/mol. The van der Waals surface area contributed by atoms with Gasteiger partial charge in [0.25, 0.3) is 0 Å². The van der Waals surface area contributed by atoms with Gasteiger partial charge in [0.1, 0.15) is 11.6 Å². The molecular formula is C18H14F2N4. The number of nitrogens with zero attached hydrogens (tertiary/aromatic N) is 4. The van der Waals surface area contributed by atoms with E-state index in [2.05, 4.69) is 15.0 Å². The van der Waals surface area contributed by atoms with Crippen molar-refractivity contribution in [2.75, 3.05) is 0 Å². The fourth-order valence-corrected chi connectivity index (χ4v) is 3.14. The van der Waals surface area contributed by atoms with Crippen LogP contribution in [0.5, 0.6) is 0 Å². The molecule has 0 spiro atoms. The van der Waals surface area contributed by atoms with Crippen molar-refractivity contribution in [3.63, 3.8) is 0 Å². The normalized spacial score (nSPS) is 11.5. The van der Waals surface area contributed by atoms with Gasteiger partial charge in [-0.2, -0.15) is 4.39 Å². The summed E-state index contributed by atoms with van der Waals surface area (Å²) < 4.78 is 29.0. The molecule has 0 saturated carbocycles. The summed E-state index contributed by atoms with van der Waals surface area (Å²) in [5.41, 5.74) is 4.94. The van der Waals surface area contributed by atoms with Gasteiger partial charge in [-0.3, -0.25) is 4.40 Å². The average Bonchev–Trinajstić information content (AvgIpc) is 2.86. The number of fused-ring (bicyclic) bond motifs is 3. The number of rotatable bonds is 1. The van der Waals surface area contributed by atoms with E-state index < -0.39 is 5.95 Å². The lowest BCUT2D eigenvalue weighted by molar-refractivity contribution is 0.580. The molecule has 24 heavy (non-hydrogen) atoms. The molecule has 0 aliphatic carbocycles. The molecule has 3 heterocycles. The number of hydrogen-bond donors (Lipinski definition) is 0. The molecule has 0 saturated heterocycles. The Morgan fingerprint density at radius 1 is 0.833 bits per heavy atom. The first-order valence-corrected chi connectivity index (χ1v) is 7.54. The molecular weight excluding hydrogens is 310 g/mol. The van der Waals surface area contributed by atoms with Crippen molar-refractivity contribution in [1.29, 1.82) is 0 Å². The molecule has 0 bridgehead atoms. The molecule has 0 N–H and O–H groups in total. The molecule has 0 aliphatic rings. The molecule has 0 atom stereocenters. The van der Waals surface area contributed by atoms with Crippen molar-refractivity contribution in [2.24, 2.45) is 0 Å². The van der Waals surface area contributed by atoms with Gasteiger partial charge >= 0.3 is 0 Å². The quantitative estimate of drug-likeness (QED) is 0.494. The van der Waals surface area contributed by atoms with Crippen LogP contribution in [0.1, 0.15) is 17.1 Å². The minimum Gasteiger partial charge on any atom is -0.289 e. The number of halogens is 2. The number of imidazole rings is 1. The lowest BCUT2D eigenvalue weighted by Crippen LogP contribution is -2.00. The highest BCUT2D eigenvalue weighted by atomic mass is 19.1. The second-order valence-electron chi connectivity index (χ2n) is 5.80. The molecule has 4 aromatic rings. The van der Waals surface area contributed by atoms with Gasteiger partial charge in [0.05, 0.1) is 33.6 Å². The molecule has 6 heteroatoms. The smallest absolute Gasteiger partial charge is 0.213 e. The Morgan fingerprint density at radius 2 is 1.58 bits per heavy atom. The highest BCUT2D eigenvalue weighted by Gasteiger charge is 2.18. The zero-order chi connectivity index (χ0) is 17.0. The van der Waals surface area contributed by atoms with E-state index in [1.54, 1.807) is 19.1 Å². The van der Waals surface area contributed by atoms with Crippen LogP contribution in [0, 0.1) is 32.5 Å². The van der Waals surface area contributed by atoms with Crippen LogP contribution in [-0.2, 0) is 0 Å². The number of benzene rings is 1. The van der Waals surface area contributed by atoms with E-state index in [4.69, 9.17) is 0 Å². The van der Waals surface area contributed by atoms with Gasteiger partial charge in [0.2, 0.25) is 5.95 Å². The van der Waals surface area contributed by atoms with Gasteiger partial charge < -0.3 is 0 Å². The first-order chi connectivity index (χ1) is 11.5. The molecule has 0 amide bonds. The molecule has 4 rings (SSSR count). The minimum absolute atomic E-state index is 0.347. The third kappa shape index (κ3) is 2.06. The molecule has 0 fully saturated rings. The SMILES string of the molecule is Cc1nc(F)ccc1-c1nc(C)c2c(C)nc3ccc(F)cc3n12. The Labute approximate surface area is 136 Å². The van der Waals surface area contributed by atoms with E-state index in [1.165, 1.54) is 18.2 Å². The Bertz CT molecular complexity index is 1120. The maximum absolute atomic E-state index is 13.8. The highest BCUT2D eigenvalue weighted by molar-refractivity contribution is 5.84. The summed E-state index contributed by atoms with van der Waals surface area (Å²) >= 11 is 0. The van der Waals surface area contributed by atoms with E-state index in [-0.39, 0.29) is 5.82 Å². The largest absolute Gasteiger partial charge is 0.289 e. The van der Waals surface area contributed by atoms with E-state index >= 15 is 0 Å². The van der Waals surface area contributed by atoms with Gasteiger partial charge in [0.15, 0.2) is 0 Å². The van der Waals surface area contributed by atoms with Crippen molar-refractivity contribution >= 4 is 16.6 Å². The Kier molecular flexibility index (Phi) is 3.09. The van der Waals surface area contributed by atoms with Gasteiger partial charge in [-0.1, -0.05) is 0 Å². The average molecular weight is 324 g/mol. The van der Waals surface area contributed by atoms with Gasteiger partial charge in [-0.25, -0.2) is 19.3 Å². The van der Waals surface area contributed by atoms with Crippen molar-refractivity contribution in [3.8, 4) is 11.4 Å². The second kappa shape index (κ2) is 5.06. The van der Waals surface area contributed by atoms with Crippen LogP contribution in [0.15, 0.2) is 30.3 Å². The van der Waals surface area contributed by atoms with Crippen LogP contribution in [-0.4, -0.2) is 19.4 Å². The summed E-state index contributed by atoms with van der Waals surface area (Å²) in [5, 5.41) is 0. The Hall–Kier alpha value is -2.89. The maximum Gasteiger partial charge on any atom is 0.213 e. The van der Waals surface area contributed by atoms with Gasteiger partial charge in [-0.15, -0.1) is 0 Å². The fourth-order valence-electron chi connectivity index (χ4n) is 3.14. The van der Waals surface area contributed by atoms with Crippen molar-refractivity contribution in [1.82, 2.24) is 19.4 Å². The number of aryl methyl sites for hydroxylation is 3. The number of pyridine rings is 1. The van der Waals surface area contributed by atoms with Crippen LogP contribution in [0.3, 0.4) is 0 Å². The van der Waals surface area contributed by atoms with Crippen LogP contribution in [0.4, 0.5) is 8.78 Å². The Morgan fingerprint density at radius 3 is 2.33 bits per heavy atom. The molecule has 3 aromatic heterocycles. The fraction of sp³-hybridized carbons (Fsp3) is 0.167. The molecule has 0 unspecified atom stereocenters. The summed E-state index contributed by atoms with van der Waals surface area (Å²) in [5.74, 6) is -0.281. The zero-order valence-corrected chi connectivity index (χ0v) is 13.4. The zero-order valence-electron chi connectivity index (χ0n) is 13.4. The molecule has 0 aliphatic heterocycles. The number of aromatic nitrogens is 4. The first kappa shape index (κ1) is 14.7. The van der Waals surface area contributed by atoms with E-state index in [0.29, 0.717) is 28.1 Å². The minimum atomic E-state index is -0.539. The van der Waals surface area contributed by atoms with Crippen LogP contribution >= 0.6 is 0 Å². The topological polar surface area (TPSA) is 43.1 Å². The van der Waals surface area contributed by atoms with Crippen molar-refractivity contribution < 1.29 is 8.78 Å². The molecule has 1 aromatic carbocycles. The maximum atomic E-state index is 13.8. The predicted molar refractivity (Wildman–Crippen MR) is 87.9 cm³/mol. The van der Waals surface area contributed by atoms with Crippen LogP contribution in [0.25, 0.3) is 27.9 Å². The van der Waals surface area contributed by atoms with Crippen molar-refractivity contribution in [2.45, 2.75) is 20.8 Å². The van der Waals surface area contributed by atoms with Crippen LogP contribution < -0.4 is 0 Å². The third-order valence-electron chi connectivity index (χ3n) is 4.15. The lowest BCUT2D eigenvalue weighted by atomic mass is 10.2. The molecule has 4 nitrogen and oxygen atoms in total. The Balaban J connectivity index is 2.20. The van der Waals surface area contributed by atoms with E-state index in [9.17, 15) is 8.78 Å². The summed E-state index contributed by atoms with van der Waals surface area (Å²) in [4.78, 5) is 13.1. The van der Waals surface area contributed by atoms with Crippen LogP contribution in [0.2, 0.25) is 0 Å². The summed E-state index contributed by atoms with van der Waals surface area (Å²) in [7, 11) is 0. The van der Waals surface area contributed by atoms with E-state index in [1.807, 2.05) is 18.2 Å². The summed E-state index contributed by atoms with van der Waals surface area (Å²) in [6, 6.07) is 7.41. The number of hydrogen-bond acceptors (Lipinski definition) is 3. The first-order valence-electron chi connectivity index (χ1n) is 7.54. The summed E-state index contributed by atoms with van der Waals surface area (Å²) in [6.07, 6.45) is 0. The van der Waals surface area contributed by atoms with Gasteiger partial charge in [0, 0.05) is 11.6 Å². The molecule has 0 radical (unpaired) electrons. The lowest BCUT2D eigenvalue weighted by Gasteiger charge is -2.09.